The fourth-order valence-electron chi connectivity index (χ4n) is 2.28. The number of aromatic nitrogens is 4. The Morgan fingerprint density at radius 1 is 1.28 bits per heavy atom. The molecule has 3 heterocycles. The van der Waals surface area contributed by atoms with E-state index in [0.717, 1.165) is 20.7 Å². The summed E-state index contributed by atoms with van der Waals surface area (Å²) in [6.45, 7) is 2.05. The van der Waals surface area contributed by atoms with Gasteiger partial charge in [-0.25, -0.2) is 4.98 Å². The highest BCUT2D eigenvalue weighted by molar-refractivity contribution is 8.00. The van der Waals surface area contributed by atoms with Gasteiger partial charge in [-0.15, -0.1) is 21.5 Å². The van der Waals surface area contributed by atoms with Crippen LogP contribution in [0.5, 0.6) is 0 Å². The molecule has 0 aliphatic rings. The minimum absolute atomic E-state index is 0.0883. The summed E-state index contributed by atoms with van der Waals surface area (Å²) in [5.74, 6) is 1.18. The summed E-state index contributed by atoms with van der Waals surface area (Å²) in [6, 6.07) is 9.95. The normalized spacial score (nSPS) is 11.1. The first-order valence-corrected chi connectivity index (χ1v) is 10.1. The topological polar surface area (TPSA) is 83.6 Å². The van der Waals surface area contributed by atoms with Crippen molar-refractivity contribution in [3.05, 3.63) is 57.5 Å². The number of thioether (sulfide) groups is 1. The van der Waals surface area contributed by atoms with E-state index in [1.54, 1.807) is 0 Å². The van der Waals surface area contributed by atoms with Crippen LogP contribution in [0.15, 0.2) is 44.8 Å². The van der Waals surface area contributed by atoms with Gasteiger partial charge in [0.2, 0.25) is 5.13 Å². The Hall–Kier alpha value is -2.23. The van der Waals surface area contributed by atoms with Crippen LogP contribution in [0.25, 0.3) is 10.2 Å². The second-order valence-corrected chi connectivity index (χ2v) is 8.42. The summed E-state index contributed by atoms with van der Waals surface area (Å²) in [6.07, 6.45) is 0. The highest BCUT2D eigenvalue weighted by atomic mass is 32.2. The first-order valence-electron chi connectivity index (χ1n) is 7.44. The zero-order chi connectivity index (χ0) is 17.2. The van der Waals surface area contributed by atoms with Crippen LogP contribution in [0.1, 0.15) is 11.4 Å². The third kappa shape index (κ3) is 3.73. The van der Waals surface area contributed by atoms with Crippen LogP contribution >= 0.6 is 34.4 Å². The molecule has 0 aliphatic heterocycles. The monoisotopic (exact) mass is 387 g/mol. The molecule has 1 aromatic carbocycles. The lowest BCUT2D eigenvalue weighted by Crippen LogP contribution is -2.09. The standard InChI is InChI=1S/C16H13N5OS3/c1-9-3-2-4-10(7-9)17-15-20-21-16(25-15)24-8-12-18-11-5-6-23-13(11)14(22)19-12/h2-7H,8H2,1H3,(H,17,20)(H,18,19,22). The lowest BCUT2D eigenvalue weighted by molar-refractivity contribution is 1.00. The molecule has 0 aliphatic carbocycles. The van der Waals surface area contributed by atoms with Crippen LogP contribution in [0.2, 0.25) is 0 Å². The number of hydrogen-bond acceptors (Lipinski definition) is 8. The van der Waals surface area contributed by atoms with Crippen molar-refractivity contribution in [1.29, 1.82) is 0 Å². The van der Waals surface area contributed by atoms with Gasteiger partial charge in [-0.2, -0.15) is 0 Å². The molecule has 2 N–H and O–H groups in total. The maximum Gasteiger partial charge on any atom is 0.268 e. The van der Waals surface area contributed by atoms with Crippen molar-refractivity contribution in [3.8, 4) is 0 Å². The van der Waals surface area contributed by atoms with Crippen LogP contribution in [0.4, 0.5) is 10.8 Å². The van der Waals surface area contributed by atoms with Crippen LogP contribution in [0, 0.1) is 6.92 Å². The molecule has 0 atom stereocenters. The highest BCUT2D eigenvalue weighted by Gasteiger charge is 2.09. The molecule has 0 amide bonds. The molecule has 0 saturated heterocycles. The van der Waals surface area contributed by atoms with E-state index in [9.17, 15) is 4.79 Å². The van der Waals surface area contributed by atoms with Gasteiger partial charge in [0, 0.05) is 5.69 Å². The lowest BCUT2D eigenvalue weighted by atomic mass is 10.2. The molecule has 4 rings (SSSR count). The van der Waals surface area contributed by atoms with Crippen molar-refractivity contribution < 1.29 is 0 Å². The molecule has 4 aromatic rings. The van der Waals surface area contributed by atoms with Crippen molar-refractivity contribution in [2.24, 2.45) is 0 Å². The van der Waals surface area contributed by atoms with E-state index in [0.29, 0.717) is 16.3 Å². The number of hydrogen-bond donors (Lipinski definition) is 2. The number of fused-ring (bicyclic) bond motifs is 1. The summed E-state index contributed by atoms with van der Waals surface area (Å²) in [5.41, 5.74) is 2.82. The van der Waals surface area contributed by atoms with Crippen molar-refractivity contribution in [3.63, 3.8) is 0 Å². The van der Waals surface area contributed by atoms with Gasteiger partial charge in [0.05, 0.1) is 11.3 Å². The smallest absolute Gasteiger partial charge is 0.268 e. The van der Waals surface area contributed by atoms with E-state index in [-0.39, 0.29) is 5.56 Å². The molecule has 0 radical (unpaired) electrons. The molecule has 126 valence electrons. The van der Waals surface area contributed by atoms with Crippen LogP contribution in [0.3, 0.4) is 0 Å². The minimum atomic E-state index is -0.0883. The maximum atomic E-state index is 12.0. The van der Waals surface area contributed by atoms with Gasteiger partial charge < -0.3 is 10.3 Å². The van der Waals surface area contributed by atoms with E-state index < -0.39 is 0 Å². The van der Waals surface area contributed by atoms with Crippen LogP contribution in [-0.2, 0) is 5.75 Å². The van der Waals surface area contributed by atoms with Crippen molar-refractivity contribution in [1.82, 2.24) is 20.2 Å². The van der Waals surface area contributed by atoms with Crippen molar-refractivity contribution in [2.45, 2.75) is 17.0 Å². The van der Waals surface area contributed by atoms with Crippen LogP contribution in [-0.4, -0.2) is 20.2 Å². The molecule has 0 bridgehead atoms. The quantitative estimate of drug-likeness (QED) is 0.500. The Morgan fingerprint density at radius 3 is 3.08 bits per heavy atom. The van der Waals surface area contributed by atoms with Gasteiger partial charge in [0.1, 0.15) is 10.5 Å². The fourth-order valence-corrected chi connectivity index (χ4v) is 4.65. The van der Waals surface area contributed by atoms with Gasteiger partial charge in [-0.3, -0.25) is 4.79 Å². The Kier molecular flexibility index (Phi) is 4.51. The van der Waals surface area contributed by atoms with E-state index in [2.05, 4.69) is 31.5 Å². The summed E-state index contributed by atoms with van der Waals surface area (Å²) < 4.78 is 1.48. The highest BCUT2D eigenvalue weighted by Crippen LogP contribution is 2.29. The van der Waals surface area contributed by atoms with Crippen molar-refractivity contribution >= 4 is 55.5 Å². The molecule has 3 aromatic heterocycles. The van der Waals surface area contributed by atoms with Gasteiger partial charge in [-0.05, 0) is 36.1 Å². The molecule has 0 spiro atoms. The first kappa shape index (κ1) is 16.2. The SMILES string of the molecule is Cc1cccc(Nc2nnc(SCc3nc4ccsc4c(=O)[nH]3)s2)c1. The third-order valence-electron chi connectivity index (χ3n) is 3.37. The average Bonchev–Trinajstić information content (AvgIpc) is 3.22. The number of anilines is 2. The number of nitrogens with one attached hydrogen (secondary N) is 2. The Balaban J connectivity index is 1.44. The average molecular weight is 388 g/mol. The summed E-state index contributed by atoms with van der Waals surface area (Å²) in [4.78, 5) is 19.3. The molecule has 9 heteroatoms. The molecule has 0 saturated carbocycles. The number of aromatic amines is 1. The second-order valence-electron chi connectivity index (χ2n) is 5.30. The molecule has 0 unspecified atom stereocenters. The predicted molar refractivity (Wildman–Crippen MR) is 104 cm³/mol. The third-order valence-corrected chi connectivity index (χ3v) is 6.26. The van der Waals surface area contributed by atoms with Gasteiger partial charge >= 0.3 is 0 Å². The zero-order valence-electron chi connectivity index (χ0n) is 13.1. The van der Waals surface area contributed by atoms with E-state index in [1.165, 1.54) is 40.0 Å². The van der Waals surface area contributed by atoms with Gasteiger partial charge in [0.15, 0.2) is 4.34 Å². The number of rotatable bonds is 5. The summed E-state index contributed by atoms with van der Waals surface area (Å²) in [7, 11) is 0. The molecule has 0 fully saturated rings. The Bertz CT molecular complexity index is 1080. The first-order chi connectivity index (χ1) is 12.2. The number of thiophene rings is 1. The molecule has 25 heavy (non-hydrogen) atoms. The van der Waals surface area contributed by atoms with Crippen molar-refractivity contribution in [2.75, 3.05) is 5.32 Å². The molecular formula is C16H13N5OS3. The summed E-state index contributed by atoms with van der Waals surface area (Å²) in [5, 5.41) is 14.2. The van der Waals surface area contributed by atoms with Gasteiger partial charge in [-0.1, -0.05) is 35.2 Å². The van der Waals surface area contributed by atoms with E-state index in [1.807, 2.05) is 36.6 Å². The Labute approximate surface area is 155 Å². The maximum absolute atomic E-state index is 12.0. The van der Waals surface area contributed by atoms with Gasteiger partial charge in [0.25, 0.3) is 5.56 Å². The lowest BCUT2D eigenvalue weighted by Gasteiger charge is -2.02. The largest absolute Gasteiger partial charge is 0.330 e. The van der Waals surface area contributed by atoms with Crippen LogP contribution < -0.4 is 10.9 Å². The fraction of sp³-hybridized carbons (Fsp3) is 0.125. The molecule has 6 nitrogen and oxygen atoms in total. The number of H-pyrrole nitrogens is 1. The minimum Gasteiger partial charge on any atom is -0.330 e. The second kappa shape index (κ2) is 6.95. The molecular weight excluding hydrogens is 374 g/mol. The predicted octanol–water partition coefficient (Wildman–Crippen LogP) is 4.18. The number of aryl methyl sites for hydroxylation is 1. The number of benzene rings is 1. The van der Waals surface area contributed by atoms with E-state index >= 15 is 0 Å². The van der Waals surface area contributed by atoms with E-state index in [4.69, 9.17) is 0 Å². The summed E-state index contributed by atoms with van der Waals surface area (Å²) >= 11 is 4.38. The zero-order valence-corrected chi connectivity index (χ0v) is 15.6. The Morgan fingerprint density at radius 2 is 2.20 bits per heavy atom. The number of nitrogens with zero attached hydrogens (tertiary/aromatic N) is 3.